The first-order chi connectivity index (χ1) is 12.8. The quantitative estimate of drug-likeness (QED) is 0.786. The Morgan fingerprint density at radius 3 is 2.92 bits per heavy atom. The highest BCUT2D eigenvalue weighted by molar-refractivity contribution is 5.82. The molecule has 1 amide bonds. The van der Waals surface area contributed by atoms with Gasteiger partial charge in [0.05, 0.1) is 11.0 Å². The number of aromatic amines is 1. The van der Waals surface area contributed by atoms with E-state index >= 15 is 0 Å². The number of hydrogen-bond donors (Lipinski definition) is 3. The van der Waals surface area contributed by atoms with E-state index in [2.05, 4.69) is 26.8 Å². The lowest BCUT2D eigenvalue weighted by Crippen LogP contribution is -2.49. The van der Waals surface area contributed by atoms with E-state index in [1.807, 2.05) is 18.2 Å². The van der Waals surface area contributed by atoms with E-state index in [9.17, 15) is 4.79 Å². The molecule has 1 aromatic carbocycles. The minimum Gasteiger partial charge on any atom is -0.342 e. The van der Waals surface area contributed by atoms with Crippen LogP contribution in [-0.4, -0.2) is 45.9 Å². The summed E-state index contributed by atoms with van der Waals surface area (Å²) < 4.78 is 0. The average molecular weight is 353 g/mol. The van der Waals surface area contributed by atoms with Crippen molar-refractivity contribution < 1.29 is 4.79 Å². The van der Waals surface area contributed by atoms with Gasteiger partial charge in [-0.3, -0.25) is 10.2 Å². The van der Waals surface area contributed by atoms with Gasteiger partial charge >= 0.3 is 0 Å². The fraction of sp³-hybridized carbons (Fsp3) is 0.600. The van der Waals surface area contributed by atoms with Gasteiger partial charge in [-0.1, -0.05) is 12.1 Å². The molecule has 3 unspecified atom stereocenters. The maximum atomic E-state index is 12.9. The molecule has 5 rings (SSSR count). The van der Waals surface area contributed by atoms with E-state index in [0.29, 0.717) is 12.0 Å². The van der Waals surface area contributed by atoms with Gasteiger partial charge in [0.15, 0.2) is 0 Å². The van der Waals surface area contributed by atoms with E-state index in [-0.39, 0.29) is 11.9 Å². The van der Waals surface area contributed by atoms with Crippen LogP contribution in [0.1, 0.15) is 37.9 Å². The van der Waals surface area contributed by atoms with Crippen LogP contribution in [0.4, 0.5) is 0 Å². The Balaban J connectivity index is 1.21. The summed E-state index contributed by atoms with van der Waals surface area (Å²) in [5.74, 6) is 2.58. The molecule has 3 N–H and O–H groups in total. The Kier molecular flexibility index (Phi) is 4.17. The molecule has 138 valence electrons. The normalized spacial score (nSPS) is 29.4. The fourth-order valence-electron chi connectivity index (χ4n) is 4.58. The highest BCUT2D eigenvalue weighted by Crippen LogP contribution is 2.36. The summed E-state index contributed by atoms with van der Waals surface area (Å²) in [6.07, 6.45) is 6.73. The number of nitrogens with one attached hydrogen (secondary N) is 3. The number of fused-ring (bicyclic) bond motifs is 1. The SMILES string of the molecule is O=C(C1CC(C2CC2)NN1)N1CCCC(Cc2nc3ccccc3[nH]2)C1. The Hall–Kier alpha value is -1.92. The van der Waals surface area contributed by atoms with Crippen LogP contribution in [0.3, 0.4) is 0 Å². The highest BCUT2D eigenvalue weighted by atomic mass is 16.2. The molecule has 26 heavy (non-hydrogen) atoms. The van der Waals surface area contributed by atoms with Crippen LogP contribution in [0.15, 0.2) is 24.3 Å². The Labute approximate surface area is 153 Å². The second-order valence-corrected chi connectivity index (χ2v) is 8.22. The van der Waals surface area contributed by atoms with Crippen LogP contribution >= 0.6 is 0 Å². The monoisotopic (exact) mass is 353 g/mol. The van der Waals surface area contributed by atoms with Crippen molar-refractivity contribution in [3.8, 4) is 0 Å². The fourth-order valence-corrected chi connectivity index (χ4v) is 4.58. The molecule has 3 aliphatic rings. The molecule has 0 radical (unpaired) electrons. The topological polar surface area (TPSA) is 73.1 Å². The Morgan fingerprint density at radius 1 is 1.19 bits per heavy atom. The number of hydrogen-bond acceptors (Lipinski definition) is 4. The van der Waals surface area contributed by atoms with Crippen LogP contribution < -0.4 is 10.9 Å². The van der Waals surface area contributed by atoms with Gasteiger partial charge in [0.1, 0.15) is 11.9 Å². The number of carbonyl (C=O) groups is 1. The summed E-state index contributed by atoms with van der Waals surface area (Å²) in [5.41, 5.74) is 8.71. The predicted molar refractivity (Wildman–Crippen MR) is 100 cm³/mol. The number of carbonyl (C=O) groups excluding carboxylic acids is 1. The second kappa shape index (κ2) is 6.67. The number of para-hydroxylation sites is 2. The van der Waals surface area contributed by atoms with Gasteiger partial charge in [-0.15, -0.1) is 0 Å². The van der Waals surface area contributed by atoms with Gasteiger partial charge in [-0.2, -0.15) is 0 Å². The van der Waals surface area contributed by atoms with Gasteiger partial charge in [0, 0.05) is 25.6 Å². The summed E-state index contributed by atoms with van der Waals surface area (Å²) in [6.45, 7) is 1.74. The van der Waals surface area contributed by atoms with Crippen LogP contribution in [0.5, 0.6) is 0 Å². The molecule has 2 aromatic rings. The molecule has 1 saturated carbocycles. The zero-order chi connectivity index (χ0) is 17.5. The van der Waals surface area contributed by atoms with Crippen molar-refractivity contribution in [3.63, 3.8) is 0 Å². The minimum absolute atomic E-state index is 0.0504. The van der Waals surface area contributed by atoms with Crippen molar-refractivity contribution >= 4 is 16.9 Å². The number of imidazole rings is 1. The second-order valence-electron chi connectivity index (χ2n) is 8.22. The van der Waals surface area contributed by atoms with Crippen LogP contribution in [0, 0.1) is 11.8 Å². The molecule has 3 fully saturated rings. The summed E-state index contributed by atoms with van der Waals surface area (Å²) in [5, 5.41) is 0. The maximum absolute atomic E-state index is 12.9. The average Bonchev–Trinajstić information content (AvgIpc) is 3.25. The van der Waals surface area contributed by atoms with Crippen molar-refractivity contribution in [2.45, 2.75) is 50.6 Å². The number of likely N-dealkylation sites (tertiary alicyclic amines) is 1. The predicted octanol–water partition coefficient (Wildman–Crippen LogP) is 1.99. The van der Waals surface area contributed by atoms with Gasteiger partial charge in [-0.25, -0.2) is 10.4 Å². The van der Waals surface area contributed by atoms with E-state index in [1.165, 1.54) is 19.3 Å². The van der Waals surface area contributed by atoms with Crippen molar-refractivity contribution in [1.29, 1.82) is 0 Å². The first-order valence-electron chi connectivity index (χ1n) is 10.00. The lowest BCUT2D eigenvalue weighted by atomic mass is 9.93. The highest BCUT2D eigenvalue weighted by Gasteiger charge is 2.40. The molecule has 2 saturated heterocycles. The van der Waals surface area contributed by atoms with Gasteiger partial charge < -0.3 is 9.88 Å². The van der Waals surface area contributed by atoms with E-state index in [0.717, 1.165) is 55.1 Å². The first-order valence-corrected chi connectivity index (χ1v) is 10.00. The summed E-state index contributed by atoms with van der Waals surface area (Å²) in [6, 6.07) is 8.60. The van der Waals surface area contributed by atoms with Crippen molar-refractivity contribution in [3.05, 3.63) is 30.1 Å². The zero-order valence-electron chi connectivity index (χ0n) is 15.1. The van der Waals surface area contributed by atoms with E-state index < -0.39 is 0 Å². The standard InChI is InChI=1S/C20H27N5O/c26-20(18-11-17(23-24-18)14-7-8-14)25-9-3-4-13(12-25)10-19-21-15-5-1-2-6-16(15)22-19/h1-2,5-6,13-14,17-18,23-24H,3-4,7-12H2,(H,21,22). The Bertz CT molecular complexity index is 765. The number of H-pyrrole nitrogens is 1. The van der Waals surface area contributed by atoms with Gasteiger partial charge in [-0.05, 0) is 56.1 Å². The molecular weight excluding hydrogens is 326 g/mol. The van der Waals surface area contributed by atoms with Gasteiger partial charge in [0.2, 0.25) is 5.91 Å². The zero-order valence-corrected chi connectivity index (χ0v) is 15.1. The van der Waals surface area contributed by atoms with E-state index in [4.69, 9.17) is 4.98 Å². The molecule has 3 atom stereocenters. The van der Waals surface area contributed by atoms with Crippen LogP contribution in [0.25, 0.3) is 11.0 Å². The lowest BCUT2D eigenvalue weighted by molar-refractivity contribution is -0.135. The number of piperidine rings is 1. The molecule has 0 spiro atoms. The third-order valence-corrected chi connectivity index (χ3v) is 6.17. The van der Waals surface area contributed by atoms with Crippen molar-refractivity contribution in [2.24, 2.45) is 11.8 Å². The number of nitrogens with zero attached hydrogens (tertiary/aromatic N) is 2. The summed E-state index contributed by atoms with van der Waals surface area (Å²) in [7, 11) is 0. The molecule has 0 bridgehead atoms. The number of benzene rings is 1. The van der Waals surface area contributed by atoms with E-state index in [1.54, 1.807) is 0 Å². The number of hydrazine groups is 1. The smallest absolute Gasteiger partial charge is 0.241 e. The summed E-state index contributed by atoms with van der Waals surface area (Å²) in [4.78, 5) is 23.1. The minimum atomic E-state index is -0.0504. The van der Waals surface area contributed by atoms with Crippen LogP contribution in [-0.2, 0) is 11.2 Å². The van der Waals surface area contributed by atoms with Crippen molar-refractivity contribution in [1.82, 2.24) is 25.7 Å². The van der Waals surface area contributed by atoms with Gasteiger partial charge in [0.25, 0.3) is 0 Å². The number of amides is 1. The molecule has 6 heteroatoms. The Morgan fingerprint density at radius 2 is 2.08 bits per heavy atom. The largest absolute Gasteiger partial charge is 0.342 e. The molecule has 3 heterocycles. The number of rotatable bonds is 4. The molecule has 6 nitrogen and oxygen atoms in total. The third kappa shape index (κ3) is 3.23. The molecule has 2 aliphatic heterocycles. The summed E-state index contributed by atoms with van der Waals surface area (Å²) >= 11 is 0. The molecule has 1 aliphatic carbocycles. The first kappa shape index (κ1) is 16.3. The lowest BCUT2D eigenvalue weighted by Gasteiger charge is -2.34. The number of aromatic nitrogens is 2. The molecule has 1 aromatic heterocycles. The molecular formula is C20H27N5O. The third-order valence-electron chi connectivity index (χ3n) is 6.17. The maximum Gasteiger partial charge on any atom is 0.241 e. The van der Waals surface area contributed by atoms with Crippen molar-refractivity contribution in [2.75, 3.05) is 13.1 Å². The van der Waals surface area contributed by atoms with Crippen LogP contribution in [0.2, 0.25) is 0 Å².